The normalized spacial score (nSPS) is 13.7. The van der Waals surface area contributed by atoms with Crippen LogP contribution in [0.1, 0.15) is 226 Å². The average Bonchev–Trinajstić information content (AvgIpc) is 3.07. The van der Waals surface area contributed by atoms with Gasteiger partial charge in [0.05, 0.1) is 18.8 Å². The molecule has 47 heavy (non-hydrogen) atoms. The van der Waals surface area contributed by atoms with Crippen molar-refractivity contribution in [2.24, 2.45) is 0 Å². The van der Waals surface area contributed by atoms with Crippen molar-refractivity contribution in [3.05, 3.63) is 12.2 Å². The van der Waals surface area contributed by atoms with E-state index in [0.29, 0.717) is 12.8 Å². The van der Waals surface area contributed by atoms with E-state index in [2.05, 4.69) is 31.3 Å². The maximum Gasteiger partial charge on any atom is 0.220 e. The van der Waals surface area contributed by atoms with Gasteiger partial charge < -0.3 is 20.6 Å². The number of hydrogen-bond acceptors (Lipinski definition) is 4. The Morgan fingerprint density at radius 1 is 0.511 bits per heavy atom. The molecule has 0 saturated carbocycles. The predicted octanol–water partition coefficient (Wildman–Crippen LogP) is 11.7. The van der Waals surface area contributed by atoms with Crippen molar-refractivity contribution >= 4 is 5.91 Å². The van der Waals surface area contributed by atoms with Gasteiger partial charge in [0.1, 0.15) is 6.10 Å². The van der Waals surface area contributed by atoms with E-state index in [1.54, 1.807) is 0 Å². The van der Waals surface area contributed by atoms with Gasteiger partial charge in [0.2, 0.25) is 5.91 Å². The molecule has 0 radical (unpaired) electrons. The number of nitrogens with one attached hydrogen (secondary N) is 1. The number of aliphatic hydroxyl groups excluding tert-OH is 3. The molecule has 0 aliphatic heterocycles. The molecule has 0 fully saturated rings. The van der Waals surface area contributed by atoms with Crippen LogP contribution in [0.3, 0.4) is 0 Å². The SMILES string of the molecule is CCCCCCCCC/C=C/CCC[C@@H](O)[C@@H](O)[C@H](CO)NC(=O)CCCCCCCCCCCCCCCCCCCCCCC. The van der Waals surface area contributed by atoms with Crippen LogP contribution in [0.25, 0.3) is 0 Å². The summed E-state index contributed by atoms with van der Waals surface area (Å²) in [6, 6.07) is -0.819. The van der Waals surface area contributed by atoms with Crippen LogP contribution in [0.2, 0.25) is 0 Å². The number of amides is 1. The Kier molecular flexibility index (Phi) is 37.2. The van der Waals surface area contributed by atoms with Gasteiger partial charge in [0.15, 0.2) is 0 Å². The Bertz CT molecular complexity index is 655. The summed E-state index contributed by atoms with van der Waals surface area (Å²) in [5.74, 6) is -0.151. The lowest BCUT2D eigenvalue weighted by molar-refractivity contribution is -0.124. The van der Waals surface area contributed by atoms with Gasteiger partial charge in [0, 0.05) is 6.42 Å². The van der Waals surface area contributed by atoms with Crippen LogP contribution in [0.15, 0.2) is 12.2 Å². The third-order valence-electron chi connectivity index (χ3n) is 9.87. The molecule has 0 saturated heterocycles. The van der Waals surface area contributed by atoms with Crippen LogP contribution >= 0.6 is 0 Å². The summed E-state index contributed by atoms with van der Waals surface area (Å²) < 4.78 is 0. The molecular formula is C42H83NO4. The lowest BCUT2D eigenvalue weighted by Gasteiger charge is -2.26. The quantitative estimate of drug-likeness (QED) is 0.0390. The second kappa shape index (κ2) is 37.9. The van der Waals surface area contributed by atoms with Crippen molar-refractivity contribution in [1.82, 2.24) is 5.32 Å². The summed E-state index contributed by atoms with van der Waals surface area (Å²) in [5.41, 5.74) is 0. The third kappa shape index (κ3) is 33.4. The van der Waals surface area contributed by atoms with Gasteiger partial charge in [-0.3, -0.25) is 4.79 Å². The fraction of sp³-hybridized carbons (Fsp3) is 0.929. The second-order valence-corrected chi connectivity index (χ2v) is 14.5. The Morgan fingerprint density at radius 2 is 0.851 bits per heavy atom. The molecular weight excluding hydrogens is 582 g/mol. The van der Waals surface area contributed by atoms with Crippen LogP contribution < -0.4 is 5.32 Å². The van der Waals surface area contributed by atoms with Crippen molar-refractivity contribution in [2.45, 2.75) is 244 Å². The number of carbonyl (C=O) groups excluding carboxylic acids is 1. The van der Waals surface area contributed by atoms with Gasteiger partial charge in [-0.15, -0.1) is 0 Å². The van der Waals surface area contributed by atoms with Crippen LogP contribution in [0, 0.1) is 0 Å². The van der Waals surface area contributed by atoms with Crippen molar-refractivity contribution in [1.29, 1.82) is 0 Å². The maximum atomic E-state index is 12.4. The summed E-state index contributed by atoms with van der Waals surface area (Å²) in [7, 11) is 0. The second-order valence-electron chi connectivity index (χ2n) is 14.5. The molecule has 5 heteroatoms. The molecule has 0 bridgehead atoms. The summed E-state index contributed by atoms with van der Waals surface area (Å²) in [6.07, 6.45) is 43.2. The van der Waals surface area contributed by atoms with E-state index >= 15 is 0 Å². The summed E-state index contributed by atoms with van der Waals surface area (Å²) in [4.78, 5) is 12.4. The standard InChI is InChI=1S/C42H83NO4/c1-3-5-7-9-11-13-15-17-18-19-20-21-22-23-24-25-27-29-31-33-35-37-41(46)43-39(38-44)42(47)40(45)36-34-32-30-28-26-16-14-12-10-8-6-4-2/h28,30,39-40,42,44-45,47H,3-27,29,31-38H2,1-2H3,(H,43,46)/b30-28+/t39-,40+,42-/m0/s1. The Labute approximate surface area is 293 Å². The Balaban J connectivity index is 3.60. The Morgan fingerprint density at radius 3 is 1.23 bits per heavy atom. The molecule has 0 rings (SSSR count). The molecule has 1 amide bonds. The molecule has 3 atom stereocenters. The number of rotatable bonds is 38. The smallest absolute Gasteiger partial charge is 0.220 e. The molecule has 0 aromatic carbocycles. The minimum absolute atomic E-state index is 0.151. The largest absolute Gasteiger partial charge is 0.394 e. The number of carbonyl (C=O) groups is 1. The molecule has 0 unspecified atom stereocenters. The van der Waals surface area contributed by atoms with E-state index in [1.807, 2.05) is 0 Å². The fourth-order valence-corrected chi connectivity index (χ4v) is 6.57. The minimum Gasteiger partial charge on any atom is -0.394 e. The van der Waals surface area contributed by atoms with Crippen LogP contribution in [0.5, 0.6) is 0 Å². The van der Waals surface area contributed by atoms with Crippen molar-refractivity contribution < 1.29 is 20.1 Å². The topological polar surface area (TPSA) is 89.8 Å². The van der Waals surface area contributed by atoms with Crippen molar-refractivity contribution in [3.8, 4) is 0 Å². The van der Waals surface area contributed by atoms with E-state index < -0.39 is 18.2 Å². The van der Waals surface area contributed by atoms with Crippen LogP contribution in [-0.4, -0.2) is 46.1 Å². The van der Waals surface area contributed by atoms with Crippen LogP contribution in [-0.2, 0) is 4.79 Å². The highest BCUT2D eigenvalue weighted by atomic mass is 16.3. The average molecular weight is 666 g/mol. The third-order valence-corrected chi connectivity index (χ3v) is 9.87. The van der Waals surface area contributed by atoms with E-state index in [0.717, 1.165) is 38.5 Å². The number of aliphatic hydroxyl groups is 3. The molecule has 5 nitrogen and oxygen atoms in total. The Hall–Kier alpha value is -0.910. The number of unbranched alkanes of at least 4 members (excludes halogenated alkanes) is 28. The highest BCUT2D eigenvalue weighted by Crippen LogP contribution is 2.16. The van der Waals surface area contributed by atoms with E-state index in [1.165, 1.54) is 161 Å². The zero-order valence-corrected chi connectivity index (χ0v) is 31.7. The van der Waals surface area contributed by atoms with Gasteiger partial charge in [-0.05, 0) is 38.5 Å². The lowest BCUT2D eigenvalue weighted by atomic mass is 10.0. The zero-order valence-electron chi connectivity index (χ0n) is 31.7. The molecule has 0 aliphatic carbocycles. The molecule has 0 aromatic heterocycles. The van der Waals surface area contributed by atoms with Gasteiger partial charge in [-0.25, -0.2) is 0 Å². The lowest BCUT2D eigenvalue weighted by Crippen LogP contribution is -2.50. The molecule has 0 aromatic rings. The minimum atomic E-state index is -1.15. The molecule has 0 heterocycles. The molecule has 0 spiro atoms. The zero-order chi connectivity index (χ0) is 34.5. The van der Waals surface area contributed by atoms with E-state index in [9.17, 15) is 20.1 Å². The number of hydrogen-bond donors (Lipinski definition) is 4. The first-order valence-corrected chi connectivity index (χ1v) is 21.0. The first kappa shape index (κ1) is 46.1. The van der Waals surface area contributed by atoms with Gasteiger partial charge in [-0.2, -0.15) is 0 Å². The van der Waals surface area contributed by atoms with E-state index in [-0.39, 0.29) is 12.5 Å². The summed E-state index contributed by atoms with van der Waals surface area (Å²) >= 11 is 0. The fourth-order valence-electron chi connectivity index (χ4n) is 6.57. The molecule has 4 N–H and O–H groups in total. The van der Waals surface area contributed by atoms with Gasteiger partial charge in [-0.1, -0.05) is 193 Å². The van der Waals surface area contributed by atoms with Gasteiger partial charge >= 0.3 is 0 Å². The first-order valence-electron chi connectivity index (χ1n) is 21.0. The monoisotopic (exact) mass is 666 g/mol. The van der Waals surface area contributed by atoms with Crippen molar-refractivity contribution in [3.63, 3.8) is 0 Å². The first-order chi connectivity index (χ1) is 23.1. The van der Waals surface area contributed by atoms with E-state index in [4.69, 9.17) is 0 Å². The number of allylic oxidation sites excluding steroid dienone is 2. The summed E-state index contributed by atoms with van der Waals surface area (Å²) in [5, 5.41) is 33.4. The predicted molar refractivity (Wildman–Crippen MR) is 204 cm³/mol. The highest BCUT2D eigenvalue weighted by Gasteiger charge is 2.26. The highest BCUT2D eigenvalue weighted by molar-refractivity contribution is 5.76. The summed E-state index contributed by atoms with van der Waals surface area (Å²) in [6.45, 7) is 4.16. The van der Waals surface area contributed by atoms with Crippen LogP contribution in [0.4, 0.5) is 0 Å². The van der Waals surface area contributed by atoms with Crippen molar-refractivity contribution in [2.75, 3.05) is 6.61 Å². The molecule has 0 aliphatic rings. The molecule has 280 valence electrons. The van der Waals surface area contributed by atoms with Gasteiger partial charge in [0.25, 0.3) is 0 Å². The maximum absolute atomic E-state index is 12.4.